The Hall–Kier alpha value is -3.28. The Kier molecular flexibility index (Phi) is 5.51. The van der Waals surface area contributed by atoms with Gasteiger partial charge in [0, 0.05) is 18.2 Å². The molecule has 0 spiro atoms. The molecule has 150 valence electrons. The molecule has 0 N–H and O–H groups in total. The van der Waals surface area contributed by atoms with Gasteiger partial charge in [-0.1, -0.05) is 30.3 Å². The van der Waals surface area contributed by atoms with E-state index in [0.717, 1.165) is 35.5 Å². The van der Waals surface area contributed by atoms with Gasteiger partial charge < -0.3 is 19.1 Å². The molecule has 4 rings (SSSR count). The number of methoxy groups -OCH3 is 1. The van der Waals surface area contributed by atoms with Gasteiger partial charge in [0.1, 0.15) is 18.1 Å². The monoisotopic (exact) mass is 393 g/mol. The number of esters is 1. The highest BCUT2D eigenvalue weighted by Crippen LogP contribution is 2.29. The first-order valence-electron chi connectivity index (χ1n) is 9.66. The van der Waals surface area contributed by atoms with E-state index in [-0.39, 0.29) is 25.2 Å². The van der Waals surface area contributed by atoms with Gasteiger partial charge in [0.05, 0.1) is 12.7 Å². The molecule has 1 saturated carbocycles. The van der Waals surface area contributed by atoms with Crippen molar-refractivity contribution in [1.29, 1.82) is 0 Å². The SMILES string of the molecule is COc1ccc(CN(C(=O)COC(=O)C2=Cc3ccccc3OC2)C2CC2)cc1. The summed E-state index contributed by atoms with van der Waals surface area (Å²) in [6.07, 6.45) is 3.71. The first-order valence-corrected chi connectivity index (χ1v) is 9.66. The largest absolute Gasteiger partial charge is 0.497 e. The molecule has 6 nitrogen and oxygen atoms in total. The molecular weight excluding hydrogens is 370 g/mol. The Morgan fingerprint density at radius 1 is 1.10 bits per heavy atom. The molecule has 0 atom stereocenters. The summed E-state index contributed by atoms with van der Waals surface area (Å²) in [5.74, 6) is 0.804. The molecule has 2 aromatic carbocycles. The number of fused-ring (bicyclic) bond motifs is 1. The molecule has 2 aromatic rings. The molecule has 2 aliphatic rings. The van der Waals surface area contributed by atoms with Gasteiger partial charge in [0.15, 0.2) is 6.61 Å². The molecule has 1 aliphatic carbocycles. The zero-order valence-electron chi connectivity index (χ0n) is 16.3. The number of carbonyl (C=O) groups excluding carboxylic acids is 2. The lowest BCUT2D eigenvalue weighted by Crippen LogP contribution is -2.36. The maximum absolute atomic E-state index is 12.7. The minimum atomic E-state index is -0.520. The molecule has 1 heterocycles. The molecule has 29 heavy (non-hydrogen) atoms. The van der Waals surface area contributed by atoms with Gasteiger partial charge in [0.2, 0.25) is 0 Å². The van der Waals surface area contributed by atoms with Crippen LogP contribution >= 0.6 is 0 Å². The summed E-state index contributed by atoms with van der Waals surface area (Å²) < 4.78 is 16.0. The average molecular weight is 393 g/mol. The van der Waals surface area contributed by atoms with Crippen LogP contribution in [0.25, 0.3) is 6.08 Å². The van der Waals surface area contributed by atoms with Crippen LogP contribution in [-0.4, -0.2) is 43.1 Å². The zero-order chi connectivity index (χ0) is 20.2. The van der Waals surface area contributed by atoms with Crippen molar-refractivity contribution in [2.24, 2.45) is 0 Å². The predicted molar refractivity (Wildman–Crippen MR) is 107 cm³/mol. The van der Waals surface area contributed by atoms with Crippen molar-refractivity contribution in [2.45, 2.75) is 25.4 Å². The number of hydrogen-bond acceptors (Lipinski definition) is 5. The predicted octanol–water partition coefficient (Wildman–Crippen LogP) is 3.21. The minimum absolute atomic E-state index is 0.141. The van der Waals surface area contributed by atoms with E-state index in [4.69, 9.17) is 14.2 Å². The van der Waals surface area contributed by atoms with Crippen molar-refractivity contribution in [3.8, 4) is 11.5 Å². The molecule has 1 fully saturated rings. The van der Waals surface area contributed by atoms with Crippen LogP contribution in [0.2, 0.25) is 0 Å². The molecule has 0 saturated heterocycles. The Morgan fingerprint density at radius 2 is 1.86 bits per heavy atom. The summed E-state index contributed by atoms with van der Waals surface area (Å²) in [4.78, 5) is 26.9. The highest BCUT2D eigenvalue weighted by molar-refractivity contribution is 5.96. The van der Waals surface area contributed by atoms with E-state index in [1.54, 1.807) is 18.1 Å². The van der Waals surface area contributed by atoms with Gasteiger partial charge in [0.25, 0.3) is 5.91 Å². The molecule has 0 unspecified atom stereocenters. The topological polar surface area (TPSA) is 65.1 Å². The third kappa shape index (κ3) is 4.59. The Morgan fingerprint density at radius 3 is 2.59 bits per heavy atom. The zero-order valence-corrected chi connectivity index (χ0v) is 16.3. The van der Waals surface area contributed by atoms with Crippen molar-refractivity contribution in [2.75, 3.05) is 20.3 Å². The van der Waals surface area contributed by atoms with Crippen LogP contribution in [0.3, 0.4) is 0 Å². The first kappa shape index (κ1) is 19.1. The second kappa shape index (κ2) is 8.39. The molecular formula is C23H23NO5. The Bertz CT molecular complexity index is 931. The van der Waals surface area contributed by atoms with Crippen molar-refractivity contribution in [3.05, 3.63) is 65.2 Å². The second-order valence-corrected chi connectivity index (χ2v) is 7.17. The lowest BCUT2D eigenvalue weighted by Gasteiger charge is -2.23. The maximum Gasteiger partial charge on any atom is 0.338 e. The highest BCUT2D eigenvalue weighted by Gasteiger charge is 2.33. The van der Waals surface area contributed by atoms with Crippen LogP contribution in [0.1, 0.15) is 24.0 Å². The number of para-hydroxylation sites is 1. The third-order valence-corrected chi connectivity index (χ3v) is 5.04. The number of carbonyl (C=O) groups is 2. The van der Waals surface area contributed by atoms with Crippen LogP contribution in [0.15, 0.2) is 54.1 Å². The van der Waals surface area contributed by atoms with Crippen molar-refractivity contribution < 1.29 is 23.8 Å². The van der Waals surface area contributed by atoms with Crippen molar-refractivity contribution in [3.63, 3.8) is 0 Å². The van der Waals surface area contributed by atoms with Gasteiger partial charge in [-0.2, -0.15) is 0 Å². The van der Waals surface area contributed by atoms with Crippen LogP contribution in [0, 0.1) is 0 Å². The third-order valence-electron chi connectivity index (χ3n) is 5.04. The molecule has 0 radical (unpaired) electrons. The lowest BCUT2D eigenvalue weighted by molar-refractivity contribution is -0.149. The number of ether oxygens (including phenoxy) is 3. The standard InChI is InChI=1S/C23H23NO5/c1-27-20-10-6-16(7-11-20)13-24(19-8-9-19)22(25)15-29-23(26)18-12-17-4-2-3-5-21(17)28-14-18/h2-7,10-12,19H,8-9,13-15H2,1H3. The van der Waals surface area contributed by atoms with Crippen LogP contribution in [0.4, 0.5) is 0 Å². The number of hydrogen-bond donors (Lipinski definition) is 0. The van der Waals surface area contributed by atoms with Crippen LogP contribution in [0.5, 0.6) is 11.5 Å². The Balaban J connectivity index is 1.36. The fraction of sp³-hybridized carbons (Fsp3) is 0.304. The van der Waals surface area contributed by atoms with E-state index >= 15 is 0 Å². The van der Waals surface area contributed by atoms with Gasteiger partial charge in [-0.25, -0.2) is 4.79 Å². The van der Waals surface area contributed by atoms with E-state index in [9.17, 15) is 9.59 Å². The lowest BCUT2D eigenvalue weighted by atomic mass is 10.1. The van der Waals surface area contributed by atoms with E-state index in [2.05, 4.69) is 0 Å². The van der Waals surface area contributed by atoms with Gasteiger partial charge in [-0.15, -0.1) is 0 Å². The van der Waals surface area contributed by atoms with E-state index < -0.39 is 5.97 Å². The summed E-state index contributed by atoms with van der Waals surface area (Å²) in [5.41, 5.74) is 2.25. The Labute approximate surface area is 169 Å². The molecule has 1 aliphatic heterocycles. The number of nitrogens with zero attached hydrogens (tertiary/aromatic N) is 1. The molecule has 6 heteroatoms. The van der Waals surface area contributed by atoms with Gasteiger partial charge >= 0.3 is 5.97 Å². The summed E-state index contributed by atoms with van der Waals surface area (Å²) in [7, 11) is 1.62. The molecule has 1 amide bonds. The summed E-state index contributed by atoms with van der Waals surface area (Å²) >= 11 is 0. The second-order valence-electron chi connectivity index (χ2n) is 7.17. The number of rotatable bonds is 7. The number of amides is 1. The fourth-order valence-corrected chi connectivity index (χ4v) is 3.27. The van der Waals surface area contributed by atoms with Gasteiger partial charge in [-0.05, 0) is 42.7 Å². The van der Waals surface area contributed by atoms with E-state index in [0.29, 0.717) is 12.1 Å². The van der Waals surface area contributed by atoms with Crippen LogP contribution < -0.4 is 9.47 Å². The van der Waals surface area contributed by atoms with Gasteiger partial charge in [-0.3, -0.25) is 4.79 Å². The number of benzene rings is 2. The fourth-order valence-electron chi connectivity index (χ4n) is 3.27. The molecule has 0 bridgehead atoms. The highest BCUT2D eigenvalue weighted by atomic mass is 16.5. The van der Waals surface area contributed by atoms with Crippen LogP contribution in [-0.2, 0) is 20.9 Å². The molecule has 0 aromatic heterocycles. The first-order chi connectivity index (χ1) is 14.1. The van der Waals surface area contributed by atoms with Crippen molar-refractivity contribution in [1.82, 2.24) is 4.90 Å². The maximum atomic E-state index is 12.7. The summed E-state index contributed by atoms with van der Waals surface area (Å²) in [6, 6.07) is 15.3. The van der Waals surface area contributed by atoms with E-state index in [1.165, 1.54) is 0 Å². The smallest absolute Gasteiger partial charge is 0.338 e. The van der Waals surface area contributed by atoms with Crippen molar-refractivity contribution >= 4 is 18.0 Å². The minimum Gasteiger partial charge on any atom is -0.497 e. The summed E-state index contributed by atoms with van der Waals surface area (Å²) in [6.45, 7) is 0.358. The summed E-state index contributed by atoms with van der Waals surface area (Å²) in [5, 5.41) is 0. The average Bonchev–Trinajstić information content (AvgIpc) is 3.61. The quantitative estimate of drug-likeness (QED) is 0.676. The normalized spacial score (nSPS) is 14.9. The van der Waals surface area contributed by atoms with E-state index in [1.807, 2.05) is 48.5 Å².